The molecule has 0 spiro atoms. The summed E-state index contributed by atoms with van der Waals surface area (Å²) < 4.78 is 0. The Labute approximate surface area is 130 Å². The number of aromatic nitrogens is 1. The van der Waals surface area contributed by atoms with E-state index in [1.54, 1.807) is 0 Å². The molecule has 0 aromatic carbocycles. The van der Waals surface area contributed by atoms with Crippen LogP contribution in [0, 0.1) is 0 Å². The summed E-state index contributed by atoms with van der Waals surface area (Å²) in [5.41, 5.74) is 7.09. The Hall–Kier alpha value is -0.390. The fourth-order valence-corrected chi connectivity index (χ4v) is 6.02. The third-order valence-electron chi connectivity index (χ3n) is 3.66. The van der Waals surface area contributed by atoms with Crippen LogP contribution in [0.15, 0.2) is 18.3 Å². The average molecular weight is 312 g/mol. The lowest BCUT2D eigenvalue weighted by molar-refractivity contribution is 0.490. The quantitative estimate of drug-likeness (QED) is 0.846. The molecule has 112 valence electrons. The number of nitrogen functional groups attached to an aromatic ring is 1. The van der Waals surface area contributed by atoms with Gasteiger partial charge in [0.05, 0.1) is 0 Å². The summed E-state index contributed by atoms with van der Waals surface area (Å²) in [6, 6.07) is 4.61. The average Bonchev–Trinajstić information content (AvgIpc) is 2.47. The summed E-state index contributed by atoms with van der Waals surface area (Å²) in [6.45, 7) is 5.52. The fraction of sp³-hybridized carbons (Fsp3) is 0.667. The highest BCUT2D eigenvalue weighted by molar-refractivity contribution is 8.07. The molecule has 3 atom stereocenters. The van der Waals surface area contributed by atoms with Crippen LogP contribution in [0.2, 0.25) is 0 Å². The molecule has 1 fully saturated rings. The van der Waals surface area contributed by atoms with Crippen LogP contribution in [-0.2, 0) is 6.42 Å². The van der Waals surface area contributed by atoms with E-state index in [-0.39, 0.29) is 0 Å². The number of likely N-dealkylation sites (N-methyl/N-ethyl adjacent to an activating group) is 1. The van der Waals surface area contributed by atoms with Crippen molar-refractivity contribution in [3.05, 3.63) is 23.9 Å². The zero-order valence-electron chi connectivity index (χ0n) is 12.3. The molecule has 0 amide bonds. The lowest BCUT2D eigenvalue weighted by Gasteiger charge is -2.36. The van der Waals surface area contributed by atoms with Crippen LogP contribution >= 0.6 is 23.5 Å². The minimum Gasteiger partial charge on any atom is -0.384 e. The van der Waals surface area contributed by atoms with Gasteiger partial charge in [0, 0.05) is 34.2 Å². The molecule has 3 unspecified atom stereocenters. The second kappa shape index (κ2) is 8.15. The lowest BCUT2D eigenvalue weighted by Crippen LogP contribution is -2.46. The van der Waals surface area contributed by atoms with Gasteiger partial charge in [-0.25, -0.2) is 4.98 Å². The smallest absolute Gasteiger partial charge is 0.123 e. The van der Waals surface area contributed by atoms with Crippen molar-refractivity contribution >= 4 is 29.3 Å². The molecule has 5 heteroatoms. The van der Waals surface area contributed by atoms with E-state index in [9.17, 15) is 0 Å². The van der Waals surface area contributed by atoms with E-state index in [1.807, 2.05) is 12.3 Å². The number of rotatable bonds is 6. The molecule has 0 bridgehead atoms. The molecular weight excluding hydrogens is 286 g/mol. The summed E-state index contributed by atoms with van der Waals surface area (Å²) in [4.78, 5) is 4.08. The highest BCUT2D eigenvalue weighted by atomic mass is 32.2. The molecule has 3 N–H and O–H groups in total. The van der Waals surface area contributed by atoms with E-state index in [4.69, 9.17) is 5.73 Å². The van der Waals surface area contributed by atoms with Gasteiger partial charge in [-0.05, 0) is 37.1 Å². The van der Waals surface area contributed by atoms with Gasteiger partial charge in [0.25, 0.3) is 0 Å². The van der Waals surface area contributed by atoms with Gasteiger partial charge in [0.2, 0.25) is 0 Å². The number of hydrogen-bond acceptors (Lipinski definition) is 5. The first-order valence-electron chi connectivity index (χ1n) is 7.41. The normalized spacial score (nSPS) is 24.5. The first-order chi connectivity index (χ1) is 9.74. The first kappa shape index (κ1) is 16.0. The van der Waals surface area contributed by atoms with Crippen LogP contribution in [-0.4, -0.2) is 39.6 Å². The van der Waals surface area contributed by atoms with Gasteiger partial charge in [-0.15, -0.1) is 0 Å². The van der Waals surface area contributed by atoms with E-state index in [1.165, 1.54) is 23.5 Å². The number of pyridine rings is 1. The Morgan fingerprint density at radius 3 is 2.90 bits per heavy atom. The SMILES string of the molecule is CCNC(Cc1ccnc(N)c1)C1SCCSC1CC. The van der Waals surface area contributed by atoms with Gasteiger partial charge in [0.1, 0.15) is 5.82 Å². The first-order valence-corrected chi connectivity index (χ1v) is 9.51. The molecule has 2 rings (SSSR count). The summed E-state index contributed by atoms with van der Waals surface area (Å²) in [5, 5.41) is 5.14. The molecule has 1 saturated heterocycles. The Bertz CT molecular complexity index is 414. The van der Waals surface area contributed by atoms with Gasteiger partial charge in [-0.1, -0.05) is 13.8 Å². The summed E-state index contributed by atoms with van der Waals surface area (Å²) in [6.07, 6.45) is 4.10. The topological polar surface area (TPSA) is 50.9 Å². The summed E-state index contributed by atoms with van der Waals surface area (Å²) >= 11 is 4.28. The van der Waals surface area contributed by atoms with Gasteiger partial charge < -0.3 is 11.1 Å². The van der Waals surface area contributed by atoms with Crippen molar-refractivity contribution in [2.45, 2.75) is 43.2 Å². The second-order valence-electron chi connectivity index (χ2n) is 5.11. The van der Waals surface area contributed by atoms with Gasteiger partial charge in [-0.3, -0.25) is 0 Å². The highest BCUT2D eigenvalue weighted by Crippen LogP contribution is 2.36. The molecular formula is C15H25N3S2. The Morgan fingerprint density at radius 2 is 2.20 bits per heavy atom. The molecule has 0 aliphatic carbocycles. The molecule has 0 radical (unpaired) electrons. The van der Waals surface area contributed by atoms with Crippen LogP contribution in [0.1, 0.15) is 25.8 Å². The van der Waals surface area contributed by atoms with Crippen LogP contribution in [0.3, 0.4) is 0 Å². The van der Waals surface area contributed by atoms with E-state index in [0.717, 1.165) is 18.2 Å². The zero-order chi connectivity index (χ0) is 14.4. The van der Waals surface area contributed by atoms with E-state index >= 15 is 0 Å². The van der Waals surface area contributed by atoms with Crippen molar-refractivity contribution in [2.24, 2.45) is 0 Å². The Morgan fingerprint density at radius 1 is 1.40 bits per heavy atom. The third-order valence-corrected chi connectivity index (χ3v) is 7.07. The van der Waals surface area contributed by atoms with Crippen LogP contribution < -0.4 is 11.1 Å². The zero-order valence-corrected chi connectivity index (χ0v) is 14.0. The minimum atomic E-state index is 0.518. The Balaban J connectivity index is 2.09. The minimum absolute atomic E-state index is 0.518. The molecule has 1 aromatic rings. The summed E-state index contributed by atoms with van der Waals surface area (Å²) in [5.74, 6) is 3.18. The largest absolute Gasteiger partial charge is 0.384 e. The van der Waals surface area contributed by atoms with E-state index < -0.39 is 0 Å². The molecule has 2 heterocycles. The number of nitrogens with two attached hydrogens (primary N) is 1. The number of hydrogen-bond donors (Lipinski definition) is 2. The standard InChI is InChI=1S/C15H25N3S2/c1-3-13-15(20-8-7-19-13)12(17-4-2)9-11-5-6-18-14(16)10-11/h5-6,10,12-13,15,17H,3-4,7-9H2,1-2H3,(H2,16,18). The van der Waals surface area contributed by atoms with E-state index in [2.05, 4.69) is 53.7 Å². The second-order valence-corrected chi connectivity index (χ2v) is 7.74. The van der Waals surface area contributed by atoms with Crippen molar-refractivity contribution in [3.8, 4) is 0 Å². The predicted molar refractivity (Wildman–Crippen MR) is 92.6 cm³/mol. The Kier molecular flexibility index (Phi) is 6.52. The molecule has 1 aliphatic rings. The van der Waals surface area contributed by atoms with Crippen LogP contribution in [0.25, 0.3) is 0 Å². The molecule has 20 heavy (non-hydrogen) atoms. The predicted octanol–water partition coefficient (Wildman–Crippen LogP) is 2.81. The number of nitrogens with one attached hydrogen (secondary N) is 1. The van der Waals surface area contributed by atoms with Crippen molar-refractivity contribution in [3.63, 3.8) is 0 Å². The van der Waals surface area contributed by atoms with Crippen LogP contribution in [0.5, 0.6) is 0 Å². The van der Waals surface area contributed by atoms with Gasteiger partial charge in [0.15, 0.2) is 0 Å². The maximum Gasteiger partial charge on any atom is 0.123 e. The van der Waals surface area contributed by atoms with Crippen molar-refractivity contribution in [1.82, 2.24) is 10.3 Å². The maximum absolute atomic E-state index is 5.80. The van der Waals surface area contributed by atoms with Crippen molar-refractivity contribution in [1.29, 1.82) is 0 Å². The fourth-order valence-electron chi connectivity index (χ4n) is 2.75. The molecule has 1 aliphatic heterocycles. The van der Waals surface area contributed by atoms with Crippen LogP contribution in [0.4, 0.5) is 5.82 Å². The number of anilines is 1. The number of nitrogens with zero attached hydrogens (tertiary/aromatic N) is 1. The number of thioether (sulfide) groups is 2. The molecule has 0 saturated carbocycles. The van der Waals surface area contributed by atoms with Gasteiger partial charge in [-0.2, -0.15) is 23.5 Å². The molecule has 1 aromatic heterocycles. The lowest BCUT2D eigenvalue weighted by atomic mass is 10.0. The van der Waals surface area contributed by atoms with Gasteiger partial charge >= 0.3 is 0 Å². The van der Waals surface area contributed by atoms with Crippen molar-refractivity contribution in [2.75, 3.05) is 23.8 Å². The van der Waals surface area contributed by atoms with E-state index in [0.29, 0.717) is 17.1 Å². The monoisotopic (exact) mass is 311 g/mol. The third kappa shape index (κ3) is 4.30. The summed E-state index contributed by atoms with van der Waals surface area (Å²) in [7, 11) is 0. The molecule has 3 nitrogen and oxygen atoms in total. The highest BCUT2D eigenvalue weighted by Gasteiger charge is 2.31. The maximum atomic E-state index is 5.80. The van der Waals surface area contributed by atoms with Crippen molar-refractivity contribution < 1.29 is 0 Å².